The summed E-state index contributed by atoms with van der Waals surface area (Å²) in [6.45, 7) is 3.83. The summed E-state index contributed by atoms with van der Waals surface area (Å²) < 4.78 is 23.7. The Balaban J connectivity index is 2.01. The number of sulfone groups is 1. The van der Waals surface area contributed by atoms with Gasteiger partial charge in [-0.1, -0.05) is 13.8 Å². The van der Waals surface area contributed by atoms with Crippen LogP contribution in [0.3, 0.4) is 0 Å². The number of fused-ring (bicyclic) bond motifs is 1. The first-order valence-electron chi connectivity index (χ1n) is 6.87. The van der Waals surface area contributed by atoms with Crippen molar-refractivity contribution in [3.8, 4) is 5.75 Å². The first kappa shape index (κ1) is 14.9. The molecule has 1 aromatic carbocycles. The van der Waals surface area contributed by atoms with E-state index in [1.807, 2.05) is 26.1 Å². The second-order valence-corrected chi connectivity index (χ2v) is 7.88. The van der Waals surface area contributed by atoms with Crippen LogP contribution >= 0.6 is 0 Å². The Morgan fingerprint density at radius 2 is 2.05 bits per heavy atom. The molecule has 2 aromatic rings. The summed E-state index contributed by atoms with van der Waals surface area (Å²) in [5, 5.41) is 10.5. The van der Waals surface area contributed by atoms with Crippen LogP contribution in [0, 0.1) is 5.92 Å². The normalized spacial score (nSPS) is 12.3. The molecule has 0 aliphatic rings. The molecule has 110 valence electrons. The minimum atomic E-state index is -2.96. The van der Waals surface area contributed by atoms with Crippen LogP contribution in [0.25, 0.3) is 10.9 Å². The maximum absolute atomic E-state index is 11.8. The Labute approximate surface area is 119 Å². The van der Waals surface area contributed by atoms with E-state index < -0.39 is 9.84 Å². The number of phenolic OH excluding ortho intramolecular Hbond substituents is 1. The van der Waals surface area contributed by atoms with E-state index in [0.29, 0.717) is 12.8 Å². The van der Waals surface area contributed by atoms with Gasteiger partial charge in [0.05, 0.1) is 11.5 Å². The number of benzene rings is 1. The van der Waals surface area contributed by atoms with Crippen LogP contribution in [0.2, 0.25) is 0 Å². The molecular formula is C15H21NO3S. The van der Waals surface area contributed by atoms with Crippen LogP contribution in [-0.4, -0.2) is 30.0 Å². The summed E-state index contributed by atoms with van der Waals surface area (Å²) in [4.78, 5) is 3.13. The molecule has 0 atom stereocenters. The summed E-state index contributed by atoms with van der Waals surface area (Å²) >= 11 is 0. The Kier molecular flexibility index (Phi) is 4.38. The number of nitrogens with one attached hydrogen (secondary N) is 1. The minimum Gasteiger partial charge on any atom is -0.508 e. The monoisotopic (exact) mass is 295 g/mol. The zero-order valence-corrected chi connectivity index (χ0v) is 12.7. The van der Waals surface area contributed by atoms with E-state index in [2.05, 4.69) is 4.98 Å². The third kappa shape index (κ3) is 3.76. The lowest BCUT2D eigenvalue weighted by molar-refractivity contribution is 0.476. The molecule has 0 spiro atoms. The van der Waals surface area contributed by atoms with E-state index in [1.54, 1.807) is 12.1 Å². The van der Waals surface area contributed by atoms with Crippen molar-refractivity contribution >= 4 is 20.7 Å². The largest absolute Gasteiger partial charge is 0.508 e. The van der Waals surface area contributed by atoms with E-state index in [-0.39, 0.29) is 23.2 Å². The first-order valence-corrected chi connectivity index (χ1v) is 8.69. The number of aromatic nitrogens is 1. The third-order valence-corrected chi connectivity index (χ3v) is 5.32. The molecule has 2 N–H and O–H groups in total. The van der Waals surface area contributed by atoms with E-state index in [1.165, 1.54) is 0 Å². The molecule has 1 aromatic heterocycles. The number of phenols is 1. The maximum atomic E-state index is 11.8. The summed E-state index contributed by atoms with van der Waals surface area (Å²) in [5.41, 5.74) is 2.01. The second kappa shape index (κ2) is 5.87. The molecule has 2 rings (SSSR count). The molecule has 0 aliphatic carbocycles. The van der Waals surface area contributed by atoms with E-state index >= 15 is 0 Å². The lowest BCUT2D eigenvalue weighted by Gasteiger charge is -2.06. The highest BCUT2D eigenvalue weighted by Crippen LogP contribution is 2.24. The van der Waals surface area contributed by atoms with Crippen LogP contribution in [0.15, 0.2) is 24.4 Å². The summed E-state index contributed by atoms with van der Waals surface area (Å²) in [5.74, 6) is 0.869. The molecule has 0 saturated heterocycles. The topological polar surface area (TPSA) is 70.2 Å². The molecule has 0 unspecified atom stereocenters. The highest BCUT2D eigenvalue weighted by atomic mass is 32.2. The standard InChI is InChI=1S/C15H21NO3S/c1-11(2)10-20(18,19)7-3-4-12-9-16-15-6-5-13(17)8-14(12)15/h5-6,8-9,11,16-17H,3-4,7,10H2,1-2H3. The summed E-state index contributed by atoms with van der Waals surface area (Å²) in [6, 6.07) is 5.17. The van der Waals surface area contributed by atoms with Gasteiger partial charge in [0.25, 0.3) is 0 Å². The zero-order chi connectivity index (χ0) is 14.8. The SMILES string of the molecule is CC(C)CS(=O)(=O)CCCc1c[nH]c2ccc(O)cc12. The molecule has 0 saturated carbocycles. The van der Waals surface area contributed by atoms with Crippen LogP contribution in [0.4, 0.5) is 0 Å². The van der Waals surface area contributed by atoms with Gasteiger partial charge in [0.15, 0.2) is 9.84 Å². The van der Waals surface area contributed by atoms with Crippen molar-refractivity contribution < 1.29 is 13.5 Å². The van der Waals surface area contributed by atoms with E-state index in [0.717, 1.165) is 16.5 Å². The molecule has 0 radical (unpaired) electrons. The highest BCUT2D eigenvalue weighted by molar-refractivity contribution is 7.91. The molecule has 0 amide bonds. The van der Waals surface area contributed by atoms with Gasteiger partial charge in [-0.3, -0.25) is 0 Å². The molecule has 4 nitrogen and oxygen atoms in total. The van der Waals surface area contributed by atoms with Crippen molar-refractivity contribution in [3.63, 3.8) is 0 Å². The fourth-order valence-electron chi connectivity index (χ4n) is 2.45. The van der Waals surface area contributed by atoms with Crippen molar-refractivity contribution in [2.24, 2.45) is 5.92 Å². The molecule has 5 heteroatoms. The van der Waals surface area contributed by atoms with Crippen LogP contribution in [0.1, 0.15) is 25.8 Å². The molecule has 0 fully saturated rings. The fourth-order valence-corrected chi connectivity index (χ4v) is 4.21. The smallest absolute Gasteiger partial charge is 0.150 e. The van der Waals surface area contributed by atoms with Crippen molar-refractivity contribution in [1.29, 1.82) is 0 Å². The quantitative estimate of drug-likeness (QED) is 0.861. The van der Waals surface area contributed by atoms with Crippen molar-refractivity contribution in [2.45, 2.75) is 26.7 Å². The lowest BCUT2D eigenvalue weighted by Crippen LogP contribution is -2.15. The maximum Gasteiger partial charge on any atom is 0.150 e. The van der Waals surface area contributed by atoms with Gasteiger partial charge in [-0.05, 0) is 42.5 Å². The van der Waals surface area contributed by atoms with Crippen LogP contribution in [0.5, 0.6) is 5.75 Å². The van der Waals surface area contributed by atoms with Gasteiger partial charge >= 0.3 is 0 Å². The van der Waals surface area contributed by atoms with E-state index in [4.69, 9.17) is 0 Å². The predicted octanol–water partition coefficient (Wildman–Crippen LogP) is 2.88. The van der Waals surface area contributed by atoms with Gasteiger partial charge in [0.1, 0.15) is 5.75 Å². The molecule has 0 bridgehead atoms. The highest BCUT2D eigenvalue weighted by Gasteiger charge is 2.13. The average molecular weight is 295 g/mol. The zero-order valence-electron chi connectivity index (χ0n) is 11.9. The summed E-state index contributed by atoms with van der Waals surface area (Å²) in [7, 11) is -2.96. The summed E-state index contributed by atoms with van der Waals surface area (Å²) in [6.07, 6.45) is 3.19. The molecular weight excluding hydrogens is 274 g/mol. The van der Waals surface area contributed by atoms with Gasteiger partial charge in [-0.25, -0.2) is 8.42 Å². The average Bonchev–Trinajstić information content (AvgIpc) is 2.70. The Bertz CT molecular complexity index is 686. The van der Waals surface area contributed by atoms with Gasteiger partial charge in [-0.2, -0.15) is 0 Å². The first-order chi connectivity index (χ1) is 9.37. The Morgan fingerprint density at radius 3 is 2.75 bits per heavy atom. The van der Waals surface area contributed by atoms with Crippen molar-refractivity contribution in [2.75, 3.05) is 11.5 Å². The number of H-pyrrole nitrogens is 1. The third-order valence-electron chi connectivity index (χ3n) is 3.24. The number of hydrogen-bond donors (Lipinski definition) is 2. The van der Waals surface area contributed by atoms with Gasteiger partial charge in [-0.15, -0.1) is 0 Å². The van der Waals surface area contributed by atoms with E-state index in [9.17, 15) is 13.5 Å². The van der Waals surface area contributed by atoms with Gasteiger partial charge < -0.3 is 10.1 Å². The fraction of sp³-hybridized carbons (Fsp3) is 0.467. The van der Waals surface area contributed by atoms with Gasteiger partial charge in [0, 0.05) is 17.1 Å². The minimum absolute atomic E-state index is 0.171. The number of hydrogen-bond acceptors (Lipinski definition) is 3. The number of rotatable bonds is 6. The number of aromatic amines is 1. The predicted molar refractivity (Wildman–Crippen MR) is 81.8 cm³/mol. The van der Waals surface area contributed by atoms with Crippen LogP contribution in [-0.2, 0) is 16.3 Å². The number of aromatic hydroxyl groups is 1. The number of aryl methyl sites for hydroxylation is 1. The second-order valence-electron chi connectivity index (χ2n) is 5.66. The molecule has 20 heavy (non-hydrogen) atoms. The van der Waals surface area contributed by atoms with Crippen molar-refractivity contribution in [1.82, 2.24) is 4.98 Å². The Hall–Kier alpha value is -1.49. The van der Waals surface area contributed by atoms with Crippen molar-refractivity contribution in [3.05, 3.63) is 30.0 Å². The Morgan fingerprint density at radius 1 is 1.30 bits per heavy atom. The van der Waals surface area contributed by atoms with Gasteiger partial charge in [0.2, 0.25) is 0 Å². The molecule has 1 heterocycles. The molecule has 0 aliphatic heterocycles. The van der Waals surface area contributed by atoms with Crippen LogP contribution < -0.4 is 0 Å². The lowest BCUT2D eigenvalue weighted by atomic mass is 10.1.